The van der Waals surface area contributed by atoms with E-state index in [2.05, 4.69) is 47.8 Å². The number of rotatable bonds is 1. The maximum absolute atomic E-state index is 6.08. The van der Waals surface area contributed by atoms with Gasteiger partial charge in [-0.25, -0.2) is 4.98 Å². The number of benzene rings is 1. The van der Waals surface area contributed by atoms with Gasteiger partial charge in [0, 0.05) is 29.4 Å². The molecule has 0 spiro atoms. The van der Waals surface area contributed by atoms with Crippen LogP contribution in [-0.2, 0) is 13.0 Å². The molecule has 1 aliphatic heterocycles. The van der Waals surface area contributed by atoms with Gasteiger partial charge in [-0.05, 0) is 61.5 Å². The molecule has 19 heavy (non-hydrogen) atoms. The highest BCUT2D eigenvalue weighted by atomic mass is 79.9. The number of nitrogens with zero attached hydrogens (tertiary/aromatic N) is 2. The second-order valence-corrected chi connectivity index (χ2v) is 6.39. The van der Waals surface area contributed by atoms with Crippen LogP contribution in [0, 0.1) is 0 Å². The van der Waals surface area contributed by atoms with E-state index in [-0.39, 0.29) is 0 Å². The van der Waals surface area contributed by atoms with Crippen molar-refractivity contribution >= 4 is 43.4 Å². The van der Waals surface area contributed by atoms with Crippen LogP contribution in [0.25, 0.3) is 0 Å². The van der Waals surface area contributed by atoms with Crippen LogP contribution >= 0.6 is 31.9 Å². The molecule has 3 rings (SSSR count). The molecule has 1 aliphatic rings. The maximum Gasteiger partial charge on any atom is 0.143 e. The Hall–Kier alpha value is -1.07. The first-order valence-corrected chi connectivity index (χ1v) is 7.66. The van der Waals surface area contributed by atoms with Gasteiger partial charge in [0.2, 0.25) is 0 Å². The minimum Gasteiger partial charge on any atom is -0.398 e. The van der Waals surface area contributed by atoms with Gasteiger partial charge in [-0.2, -0.15) is 0 Å². The Morgan fingerprint density at radius 3 is 2.89 bits per heavy atom. The monoisotopic (exact) mass is 381 g/mol. The molecule has 0 saturated carbocycles. The standard InChI is InChI=1S/C14H13Br2N3/c15-10-6-12(16)14(18-7-10)19-5-4-9-2-1-3-13(17)11(9)8-19/h1-3,6-7H,4-5,8,17H2. The summed E-state index contributed by atoms with van der Waals surface area (Å²) in [6, 6.07) is 8.17. The van der Waals surface area contributed by atoms with E-state index >= 15 is 0 Å². The molecule has 0 radical (unpaired) electrons. The zero-order chi connectivity index (χ0) is 13.4. The predicted octanol–water partition coefficient (Wildman–Crippen LogP) is 3.75. The van der Waals surface area contributed by atoms with Crippen LogP contribution in [0.15, 0.2) is 39.4 Å². The van der Waals surface area contributed by atoms with Gasteiger partial charge in [-0.3, -0.25) is 0 Å². The average molecular weight is 383 g/mol. The predicted molar refractivity (Wildman–Crippen MR) is 85.2 cm³/mol. The van der Waals surface area contributed by atoms with Crippen molar-refractivity contribution in [1.29, 1.82) is 0 Å². The van der Waals surface area contributed by atoms with Crippen LogP contribution in [0.2, 0.25) is 0 Å². The summed E-state index contributed by atoms with van der Waals surface area (Å²) in [4.78, 5) is 6.75. The van der Waals surface area contributed by atoms with Crippen molar-refractivity contribution in [2.75, 3.05) is 17.2 Å². The smallest absolute Gasteiger partial charge is 0.143 e. The third kappa shape index (κ3) is 2.49. The molecule has 1 aromatic heterocycles. The third-order valence-corrected chi connectivity index (χ3v) is 4.41. The van der Waals surface area contributed by atoms with Gasteiger partial charge in [0.25, 0.3) is 0 Å². The Bertz CT molecular complexity index is 628. The van der Waals surface area contributed by atoms with E-state index in [1.165, 1.54) is 11.1 Å². The summed E-state index contributed by atoms with van der Waals surface area (Å²) in [7, 11) is 0. The number of nitrogens with two attached hydrogens (primary N) is 1. The summed E-state index contributed by atoms with van der Waals surface area (Å²) in [5.41, 5.74) is 9.53. The fourth-order valence-corrected chi connectivity index (χ4v) is 3.67. The Morgan fingerprint density at radius 2 is 2.11 bits per heavy atom. The van der Waals surface area contributed by atoms with Gasteiger partial charge in [0.1, 0.15) is 5.82 Å². The van der Waals surface area contributed by atoms with Gasteiger partial charge in [0.15, 0.2) is 0 Å². The molecule has 3 nitrogen and oxygen atoms in total. The molecular weight excluding hydrogens is 370 g/mol. The van der Waals surface area contributed by atoms with Crippen molar-refractivity contribution in [3.05, 3.63) is 50.5 Å². The number of hydrogen-bond acceptors (Lipinski definition) is 3. The van der Waals surface area contributed by atoms with Crippen molar-refractivity contribution < 1.29 is 0 Å². The van der Waals surface area contributed by atoms with Gasteiger partial charge < -0.3 is 10.6 Å². The highest BCUT2D eigenvalue weighted by Gasteiger charge is 2.20. The highest BCUT2D eigenvalue weighted by Crippen LogP contribution is 2.32. The molecule has 0 unspecified atom stereocenters. The van der Waals surface area contributed by atoms with E-state index in [0.29, 0.717) is 0 Å². The maximum atomic E-state index is 6.08. The minimum atomic E-state index is 0.815. The summed E-state index contributed by atoms with van der Waals surface area (Å²) in [5.74, 6) is 0.970. The zero-order valence-electron chi connectivity index (χ0n) is 10.2. The molecule has 0 saturated heterocycles. The lowest BCUT2D eigenvalue weighted by atomic mass is 9.98. The van der Waals surface area contributed by atoms with Crippen molar-refractivity contribution in [2.45, 2.75) is 13.0 Å². The molecule has 2 N–H and O–H groups in total. The molecule has 2 heterocycles. The summed E-state index contributed by atoms with van der Waals surface area (Å²) in [6.07, 6.45) is 2.83. The zero-order valence-corrected chi connectivity index (χ0v) is 13.4. The van der Waals surface area contributed by atoms with E-state index in [9.17, 15) is 0 Å². The van der Waals surface area contributed by atoms with Crippen molar-refractivity contribution in [2.24, 2.45) is 0 Å². The lowest BCUT2D eigenvalue weighted by Gasteiger charge is -2.31. The lowest BCUT2D eigenvalue weighted by molar-refractivity contribution is 0.720. The number of hydrogen-bond donors (Lipinski definition) is 1. The molecule has 0 atom stereocenters. The van der Waals surface area contributed by atoms with Gasteiger partial charge in [-0.1, -0.05) is 12.1 Å². The number of nitrogen functional groups attached to an aromatic ring is 1. The largest absolute Gasteiger partial charge is 0.398 e. The third-order valence-electron chi connectivity index (χ3n) is 3.40. The molecule has 0 amide bonds. The first-order chi connectivity index (χ1) is 9.15. The van der Waals surface area contributed by atoms with E-state index in [0.717, 1.165) is 40.0 Å². The molecular formula is C14H13Br2N3. The quantitative estimate of drug-likeness (QED) is 0.763. The summed E-state index contributed by atoms with van der Waals surface area (Å²) in [5, 5.41) is 0. The molecule has 0 bridgehead atoms. The number of aromatic nitrogens is 1. The number of halogens is 2. The number of anilines is 2. The van der Waals surface area contributed by atoms with Crippen LogP contribution in [0.3, 0.4) is 0 Å². The van der Waals surface area contributed by atoms with Crippen LogP contribution in [0.4, 0.5) is 11.5 Å². The van der Waals surface area contributed by atoms with Crippen molar-refractivity contribution in [3.63, 3.8) is 0 Å². The highest BCUT2D eigenvalue weighted by molar-refractivity contribution is 9.11. The van der Waals surface area contributed by atoms with Crippen molar-refractivity contribution in [3.8, 4) is 0 Å². The van der Waals surface area contributed by atoms with Gasteiger partial charge in [0.05, 0.1) is 4.47 Å². The number of fused-ring (bicyclic) bond motifs is 1. The van der Waals surface area contributed by atoms with E-state index in [4.69, 9.17) is 5.73 Å². The molecule has 1 aromatic carbocycles. The SMILES string of the molecule is Nc1cccc2c1CN(c1ncc(Br)cc1Br)CC2. The minimum absolute atomic E-state index is 0.815. The van der Waals surface area contributed by atoms with Crippen LogP contribution in [0.5, 0.6) is 0 Å². The lowest BCUT2D eigenvalue weighted by Crippen LogP contribution is -2.31. The molecule has 2 aromatic rings. The number of pyridine rings is 1. The average Bonchev–Trinajstić information content (AvgIpc) is 2.39. The Morgan fingerprint density at radius 1 is 1.26 bits per heavy atom. The molecule has 98 valence electrons. The second-order valence-electron chi connectivity index (χ2n) is 4.62. The van der Waals surface area contributed by atoms with Gasteiger partial charge >= 0.3 is 0 Å². The summed E-state index contributed by atoms with van der Waals surface area (Å²) < 4.78 is 1.97. The normalized spacial score (nSPS) is 14.3. The Kier molecular flexibility index (Phi) is 3.50. The summed E-state index contributed by atoms with van der Waals surface area (Å²) >= 11 is 7.00. The fraction of sp³-hybridized carbons (Fsp3) is 0.214. The van der Waals surface area contributed by atoms with E-state index in [1.807, 2.05) is 24.4 Å². The van der Waals surface area contributed by atoms with Crippen LogP contribution in [0.1, 0.15) is 11.1 Å². The Labute approximate surface area is 129 Å². The molecule has 0 aliphatic carbocycles. The van der Waals surface area contributed by atoms with Crippen molar-refractivity contribution in [1.82, 2.24) is 4.98 Å². The topological polar surface area (TPSA) is 42.1 Å². The van der Waals surface area contributed by atoms with Gasteiger partial charge in [-0.15, -0.1) is 0 Å². The Balaban J connectivity index is 1.95. The fourth-order valence-electron chi connectivity index (χ4n) is 2.43. The first kappa shape index (κ1) is 12.9. The second kappa shape index (κ2) is 5.13. The van der Waals surface area contributed by atoms with E-state index in [1.54, 1.807) is 0 Å². The summed E-state index contributed by atoms with van der Waals surface area (Å²) in [6.45, 7) is 1.78. The van der Waals surface area contributed by atoms with Crippen LogP contribution in [-0.4, -0.2) is 11.5 Å². The van der Waals surface area contributed by atoms with Crippen LogP contribution < -0.4 is 10.6 Å². The molecule has 0 fully saturated rings. The first-order valence-electron chi connectivity index (χ1n) is 6.07. The molecule has 5 heteroatoms. The van der Waals surface area contributed by atoms with E-state index < -0.39 is 0 Å².